The summed E-state index contributed by atoms with van der Waals surface area (Å²) in [7, 11) is 0. The molecule has 1 atom stereocenters. The molecular weight excluding hydrogens is 336 g/mol. The molecule has 1 spiro atoms. The van der Waals surface area contributed by atoms with E-state index in [1.807, 2.05) is 31.2 Å². The fourth-order valence-electron chi connectivity index (χ4n) is 3.55. The first kappa shape index (κ1) is 17.9. The van der Waals surface area contributed by atoms with Crippen molar-refractivity contribution in [3.05, 3.63) is 35.4 Å². The maximum Gasteiger partial charge on any atom is 0.325 e. The Balaban J connectivity index is 1.74. The molecule has 1 aromatic carbocycles. The number of hydrogen-bond donors (Lipinski definition) is 3. The molecule has 26 heavy (non-hydrogen) atoms. The van der Waals surface area contributed by atoms with Gasteiger partial charge in [0.2, 0.25) is 5.91 Å². The van der Waals surface area contributed by atoms with Crippen LogP contribution in [0, 0.1) is 0 Å². The normalized spacial score (nSPS) is 21.3. The van der Waals surface area contributed by atoms with Crippen LogP contribution in [0.25, 0.3) is 0 Å². The van der Waals surface area contributed by atoms with E-state index in [0.29, 0.717) is 13.0 Å². The number of fused-ring (bicyclic) bond motifs is 2. The van der Waals surface area contributed by atoms with Crippen LogP contribution < -0.4 is 16.0 Å². The Morgan fingerprint density at radius 1 is 1.27 bits per heavy atom. The van der Waals surface area contributed by atoms with Crippen LogP contribution in [-0.4, -0.2) is 41.9 Å². The van der Waals surface area contributed by atoms with Crippen LogP contribution in [-0.2, 0) is 21.5 Å². The summed E-state index contributed by atoms with van der Waals surface area (Å²) < 4.78 is 0. The first-order valence-corrected chi connectivity index (χ1v) is 8.78. The molecule has 1 saturated heterocycles. The zero-order valence-electron chi connectivity index (χ0n) is 14.6. The maximum atomic E-state index is 13.0. The molecular formula is C18H22N4O4. The molecule has 1 fully saturated rings. The van der Waals surface area contributed by atoms with Crippen molar-refractivity contribution in [1.82, 2.24) is 20.9 Å². The Hall–Kier alpha value is -2.90. The molecule has 1 aliphatic carbocycles. The van der Waals surface area contributed by atoms with E-state index in [1.165, 1.54) is 0 Å². The van der Waals surface area contributed by atoms with Crippen molar-refractivity contribution in [2.24, 2.45) is 0 Å². The minimum absolute atomic E-state index is 0.433. The van der Waals surface area contributed by atoms with Gasteiger partial charge in [-0.1, -0.05) is 31.2 Å². The van der Waals surface area contributed by atoms with Crippen molar-refractivity contribution >= 4 is 23.9 Å². The van der Waals surface area contributed by atoms with Crippen LogP contribution in [0.1, 0.15) is 37.3 Å². The maximum absolute atomic E-state index is 13.0. The van der Waals surface area contributed by atoms with Crippen molar-refractivity contribution < 1.29 is 19.2 Å². The second-order valence-corrected chi connectivity index (χ2v) is 6.54. The first-order valence-electron chi connectivity index (χ1n) is 8.78. The average Bonchev–Trinajstić information content (AvgIpc) is 2.85. The molecule has 8 nitrogen and oxygen atoms in total. The molecule has 1 heterocycles. The van der Waals surface area contributed by atoms with Gasteiger partial charge in [-0.05, 0) is 36.8 Å². The average molecular weight is 358 g/mol. The standard InChI is InChI=1S/C18H22N4O4/c1-2-10-19-16(25)20-14(23)11-22-15(24)18(21-17(22)26)9-5-7-12-6-3-4-8-13(12)18/h3-4,6,8H,2,5,7,9-11H2,1H3,(H,21,26)(H2,19,20,23,25). The highest BCUT2D eigenvalue weighted by atomic mass is 16.2. The highest BCUT2D eigenvalue weighted by Gasteiger charge is 2.54. The molecule has 2 aliphatic rings. The van der Waals surface area contributed by atoms with Gasteiger partial charge in [0.15, 0.2) is 0 Å². The monoisotopic (exact) mass is 358 g/mol. The second-order valence-electron chi connectivity index (χ2n) is 6.54. The summed E-state index contributed by atoms with van der Waals surface area (Å²) in [6.07, 6.45) is 2.84. The quantitative estimate of drug-likeness (QED) is 0.698. The van der Waals surface area contributed by atoms with Crippen molar-refractivity contribution in [1.29, 1.82) is 0 Å². The van der Waals surface area contributed by atoms with Gasteiger partial charge in [0.25, 0.3) is 5.91 Å². The molecule has 1 aliphatic heterocycles. The summed E-state index contributed by atoms with van der Waals surface area (Å²) in [5.41, 5.74) is 0.697. The van der Waals surface area contributed by atoms with E-state index >= 15 is 0 Å². The predicted octanol–water partition coefficient (Wildman–Crippen LogP) is 1.01. The number of imide groups is 2. The third-order valence-electron chi connectivity index (χ3n) is 4.74. The predicted molar refractivity (Wildman–Crippen MR) is 93.1 cm³/mol. The number of carbonyl (C=O) groups is 4. The number of aryl methyl sites for hydroxylation is 1. The van der Waals surface area contributed by atoms with Gasteiger partial charge < -0.3 is 10.6 Å². The Bertz CT molecular complexity index is 763. The van der Waals surface area contributed by atoms with Gasteiger partial charge in [0, 0.05) is 6.54 Å². The number of hydrogen-bond acceptors (Lipinski definition) is 4. The van der Waals surface area contributed by atoms with E-state index in [0.717, 1.165) is 35.3 Å². The van der Waals surface area contributed by atoms with Crippen molar-refractivity contribution in [3.8, 4) is 0 Å². The lowest BCUT2D eigenvalue weighted by atomic mass is 9.76. The van der Waals surface area contributed by atoms with Gasteiger partial charge in [0.05, 0.1) is 0 Å². The Labute approximate surface area is 151 Å². The summed E-state index contributed by atoms with van der Waals surface area (Å²) in [4.78, 5) is 49.9. The number of urea groups is 2. The molecule has 3 rings (SSSR count). The van der Waals surface area contributed by atoms with Gasteiger partial charge in [-0.15, -0.1) is 0 Å². The molecule has 1 unspecified atom stereocenters. The van der Waals surface area contributed by atoms with E-state index < -0.39 is 36.0 Å². The lowest BCUT2D eigenvalue weighted by molar-refractivity contribution is -0.135. The largest absolute Gasteiger partial charge is 0.338 e. The van der Waals surface area contributed by atoms with E-state index in [9.17, 15) is 19.2 Å². The fourth-order valence-corrected chi connectivity index (χ4v) is 3.55. The van der Waals surface area contributed by atoms with Gasteiger partial charge >= 0.3 is 12.1 Å². The van der Waals surface area contributed by atoms with Crippen molar-refractivity contribution in [2.75, 3.05) is 13.1 Å². The van der Waals surface area contributed by atoms with Crippen LogP contribution in [0.15, 0.2) is 24.3 Å². The Kier molecular flexibility index (Phi) is 4.92. The van der Waals surface area contributed by atoms with Gasteiger partial charge in [0.1, 0.15) is 12.1 Å². The highest BCUT2D eigenvalue weighted by Crippen LogP contribution is 2.39. The highest BCUT2D eigenvalue weighted by molar-refractivity contribution is 6.10. The van der Waals surface area contributed by atoms with Crippen LogP contribution in [0.3, 0.4) is 0 Å². The number of amides is 6. The third-order valence-corrected chi connectivity index (χ3v) is 4.74. The number of rotatable bonds is 4. The molecule has 1 aromatic rings. The third kappa shape index (κ3) is 3.14. The number of carbonyl (C=O) groups excluding carboxylic acids is 4. The molecule has 3 N–H and O–H groups in total. The lowest BCUT2D eigenvalue weighted by Crippen LogP contribution is -2.48. The van der Waals surface area contributed by atoms with Crippen LogP contribution in [0.4, 0.5) is 9.59 Å². The smallest absolute Gasteiger partial charge is 0.325 e. The minimum atomic E-state index is -1.11. The van der Waals surface area contributed by atoms with Gasteiger partial charge in [-0.3, -0.25) is 19.8 Å². The molecule has 138 valence electrons. The summed E-state index contributed by atoms with van der Waals surface area (Å²) in [5.74, 6) is -1.15. The van der Waals surface area contributed by atoms with Crippen molar-refractivity contribution in [2.45, 2.75) is 38.1 Å². The first-order chi connectivity index (χ1) is 12.5. The zero-order chi connectivity index (χ0) is 18.7. The fraction of sp³-hybridized carbons (Fsp3) is 0.444. The van der Waals surface area contributed by atoms with Crippen LogP contribution in [0.2, 0.25) is 0 Å². The number of nitrogens with one attached hydrogen (secondary N) is 3. The van der Waals surface area contributed by atoms with E-state index in [4.69, 9.17) is 0 Å². The molecule has 0 aromatic heterocycles. The number of nitrogens with zero attached hydrogens (tertiary/aromatic N) is 1. The summed E-state index contributed by atoms with van der Waals surface area (Å²) in [6.45, 7) is 1.83. The zero-order valence-corrected chi connectivity index (χ0v) is 14.6. The van der Waals surface area contributed by atoms with E-state index in [1.54, 1.807) is 0 Å². The molecule has 0 bridgehead atoms. The van der Waals surface area contributed by atoms with Gasteiger partial charge in [-0.25, -0.2) is 9.59 Å². The topological polar surface area (TPSA) is 108 Å². The SMILES string of the molecule is CCCNC(=O)NC(=O)CN1C(=O)NC2(CCCc3ccccc32)C1=O. The number of benzene rings is 1. The summed E-state index contributed by atoms with van der Waals surface area (Å²) in [6, 6.07) is 6.27. The van der Waals surface area contributed by atoms with E-state index in [-0.39, 0.29) is 0 Å². The summed E-state index contributed by atoms with van der Waals surface area (Å²) >= 11 is 0. The van der Waals surface area contributed by atoms with E-state index in [2.05, 4.69) is 16.0 Å². The molecule has 0 saturated carbocycles. The minimum Gasteiger partial charge on any atom is -0.338 e. The molecule has 6 amide bonds. The Morgan fingerprint density at radius 3 is 2.81 bits per heavy atom. The Morgan fingerprint density at radius 2 is 2.04 bits per heavy atom. The molecule has 0 radical (unpaired) electrons. The van der Waals surface area contributed by atoms with Crippen LogP contribution in [0.5, 0.6) is 0 Å². The van der Waals surface area contributed by atoms with Crippen molar-refractivity contribution in [3.63, 3.8) is 0 Å². The molecule has 8 heteroatoms. The second kappa shape index (κ2) is 7.15. The van der Waals surface area contributed by atoms with Crippen LogP contribution >= 0.6 is 0 Å². The lowest BCUT2D eigenvalue weighted by Gasteiger charge is -2.33. The summed E-state index contributed by atoms with van der Waals surface area (Å²) in [5, 5.41) is 7.41. The van der Waals surface area contributed by atoms with Gasteiger partial charge in [-0.2, -0.15) is 0 Å².